The second-order valence-electron chi connectivity index (χ2n) is 5.40. The number of aromatic nitrogens is 4. The standard InChI is InChI=1S/C12H19N5O2/c1-8-14-9(13-7-12(2,3)4-5-18)6-10-15-16-11(19)17(8)10/h6,13,18H,4-5,7H2,1-3H3,(H,16,19). The molecule has 0 bridgehead atoms. The Bertz CT molecular complexity index is 629. The third kappa shape index (κ3) is 2.93. The molecule has 7 heteroatoms. The number of fused-ring (bicyclic) bond motifs is 1. The Morgan fingerprint density at radius 3 is 2.95 bits per heavy atom. The quantitative estimate of drug-likeness (QED) is 0.733. The van der Waals surface area contributed by atoms with E-state index in [0.29, 0.717) is 30.3 Å². The minimum Gasteiger partial charge on any atom is -0.396 e. The first-order valence-electron chi connectivity index (χ1n) is 6.22. The number of anilines is 1. The van der Waals surface area contributed by atoms with Crippen LogP contribution in [0.3, 0.4) is 0 Å². The van der Waals surface area contributed by atoms with E-state index in [1.807, 2.05) is 0 Å². The molecule has 0 fully saturated rings. The molecular weight excluding hydrogens is 246 g/mol. The van der Waals surface area contributed by atoms with E-state index < -0.39 is 0 Å². The molecule has 0 spiro atoms. The third-order valence-electron chi connectivity index (χ3n) is 3.11. The SMILES string of the molecule is Cc1nc(NCC(C)(C)CCO)cc2n[nH]c(=O)n12. The van der Waals surface area contributed by atoms with Gasteiger partial charge in [-0.1, -0.05) is 13.8 Å². The second kappa shape index (κ2) is 5.00. The van der Waals surface area contributed by atoms with Gasteiger partial charge in [0.05, 0.1) is 0 Å². The summed E-state index contributed by atoms with van der Waals surface area (Å²) >= 11 is 0. The lowest BCUT2D eigenvalue weighted by molar-refractivity contribution is 0.220. The molecule has 2 heterocycles. The van der Waals surface area contributed by atoms with Crippen LogP contribution in [-0.4, -0.2) is 37.8 Å². The fraction of sp³-hybridized carbons (Fsp3) is 0.583. The summed E-state index contributed by atoms with van der Waals surface area (Å²) in [6.07, 6.45) is 0.711. The summed E-state index contributed by atoms with van der Waals surface area (Å²) in [7, 11) is 0. The van der Waals surface area contributed by atoms with Crippen molar-refractivity contribution in [1.29, 1.82) is 0 Å². The van der Waals surface area contributed by atoms with E-state index in [0.717, 1.165) is 0 Å². The summed E-state index contributed by atoms with van der Waals surface area (Å²) in [4.78, 5) is 15.8. The van der Waals surface area contributed by atoms with Crippen LogP contribution in [0.25, 0.3) is 5.65 Å². The summed E-state index contributed by atoms with van der Waals surface area (Å²) in [6, 6.07) is 1.72. The molecule has 3 N–H and O–H groups in total. The van der Waals surface area contributed by atoms with Crippen LogP contribution < -0.4 is 11.0 Å². The van der Waals surface area contributed by atoms with E-state index in [2.05, 4.69) is 34.3 Å². The molecule has 0 unspecified atom stereocenters. The Kier molecular flexibility index (Phi) is 3.57. The Hall–Kier alpha value is -1.89. The van der Waals surface area contributed by atoms with Crippen molar-refractivity contribution in [2.24, 2.45) is 5.41 Å². The van der Waals surface area contributed by atoms with E-state index >= 15 is 0 Å². The van der Waals surface area contributed by atoms with Crippen molar-refractivity contribution in [1.82, 2.24) is 19.6 Å². The van der Waals surface area contributed by atoms with Crippen LogP contribution in [0.2, 0.25) is 0 Å². The first kappa shape index (κ1) is 13.5. The third-order valence-corrected chi connectivity index (χ3v) is 3.11. The van der Waals surface area contributed by atoms with E-state index in [1.165, 1.54) is 4.40 Å². The van der Waals surface area contributed by atoms with E-state index in [4.69, 9.17) is 5.11 Å². The molecule has 0 amide bonds. The van der Waals surface area contributed by atoms with Crippen LogP contribution in [0.15, 0.2) is 10.9 Å². The largest absolute Gasteiger partial charge is 0.396 e. The lowest BCUT2D eigenvalue weighted by atomic mass is 9.90. The number of nitrogens with one attached hydrogen (secondary N) is 2. The van der Waals surface area contributed by atoms with Gasteiger partial charge in [0.2, 0.25) is 0 Å². The predicted molar refractivity (Wildman–Crippen MR) is 72.3 cm³/mol. The van der Waals surface area contributed by atoms with Crippen LogP contribution in [0, 0.1) is 12.3 Å². The number of H-pyrrole nitrogens is 1. The maximum absolute atomic E-state index is 11.5. The molecule has 2 aromatic heterocycles. The predicted octanol–water partition coefficient (Wildman–Crippen LogP) is 0.547. The maximum atomic E-state index is 11.5. The molecule has 0 atom stereocenters. The van der Waals surface area contributed by atoms with Crippen LogP contribution >= 0.6 is 0 Å². The number of hydrogen-bond donors (Lipinski definition) is 3. The normalized spacial score (nSPS) is 12.0. The van der Waals surface area contributed by atoms with Crippen molar-refractivity contribution in [3.8, 4) is 0 Å². The number of aliphatic hydroxyl groups is 1. The van der Waals surface area contributed by atoms with Crippen molar-refractivity contribution >= 4 is 11.5 Å². The van der Waals surface area contributed by atoms with E-state index in [9.17, 15) is 4.79 Å². The number of aromatic amines is 1. The van der Waals surface area contributed by atoms with Gasteiger partial charge in [-0.25, -0.2) is 19.3 Å². The molecule has 19 heavy (non-hydrogen) atoms. The number of aryl methyl sites for hydroxylation is 1. The summed E-state index contributed by atoms with van der Waals surface area (Å²) in [5.41, 5.74) is 0.231. The first-order chi connectivity index (χ1) is 8.93. The van der Waals surface area contributed by atoms with Gasteiger partial charge in [0, 0.05) is 19.2 Å². The van der Waals surface area contributed by atoms with Gasteiger partial charge >= 0.3 is 5.69 Å². The van der Waals surface area contributed by atoms with Crippen LogP contribution in [0.4, 0.5) is 5.82 Å². The highest BCUT2D eigenvalue weighted by atomic mass is 16.3. The zero-order chi connectivity index (χ0) is 14.0. The van der Waals surface area contributed by atoms with Gasteiger partial charge in [-0.3, -0.25) is 0 Å². The first-order valence-corrected chi connectivity index (χ1v) is 6.22. The van der Waals surface area contributed by atoms with Gasteiger partial charge in [-0.2, -0.15) is 5.10 Å². The fourth-order valence-electron chi connectivity index (χ4n) is 1.91. The van der Waals surface area contributed by atoms with Gasteiger partial charge in [0.25, 0.3) is 0 Å². The Morgan fingerprint density at radius 2 is 2.26 bits per heavy atom. The highest BCUT2D eigenvalue weighted by molar-refractivity contribution is 5.49. The van der Waals surface area contributed by atoms with Crippen molar-refractivity contribution < 1.29 is 5.11 Å². The maximum Gasteiger partial charge on any atom is 0.349 e. The van der Waals surface area contributed by atoms with Gasteiger partial charge < -0.3 is 10.4 Å². The van der Waals surface area contributed by atoms with Crippen molar-refractivity contribution in [3.05, 3.63) is 22.4 Å². The zero-order valence-electron chi connectivity index (χ0n) is 11.4. The number of rotatable bonds is 5. The molecule has 0 aliphatic carbocycles. The lowest BCUT2D eigenvalue weighted by Crippen LogP contribution is -2.25. The zero-order valence-corrected chi connectivity index (χ0v) is 11.4. The molecule has 2 aromatic rings. The summed E-state index contributed by atoms with van der Waals surface area (Å²) in [5, 5.41) is 18.5. The minimum absolute atomic E-state index is 0.0261. The minimum atomic E-state index is -0.285. The second-order valence-corrected chi connectivity index (χ2v) is 5.40. The average Bonchev–Trinajstić information content (AvgIpc) is 2.69. The molecule has 0 aromatic carbocycles. The summed E-state index contributed by atoms with van der Waals surface area (Å²) in [6.45, 7) is 6.75. The Morgan fingerprint density at radius 1 is 1.53 bits per heavy atom. The molecular formula is C12H19N5O2. The van der Waals surface area contributed by atoms with Gasteiger partial charge in [0.1, 0.15) is 11.6 Å². The molecule has 0 saturated heterocycles. The van der Waals surface area contributed by atoms with E-state index in [1.54, 1.807) is 13.0 Å². The summed E-state index contributed by atoms with van der Waals surface area (Å²) < 4.78 is 1.42. The van der Waals surface area contributed by atoms with Gasteiger partial charge in [-0.05, 0) is 18.8 Å². The van der Waals surface area contributed by atoms with Gasteiger partial charge in [0.15, 0.2) is 5.65 Å². The molecule has 0 saturated carbocycles. The van der Waals surface area contributed by atoms with Crippen molar-refractivity contribution in [3.63, 3.8) is 0 Å². The molecule has 104 valence electrons. The highest BCUT2D eigenvalue weighted by Gasteiger charge is 2.17. The number of hydrogen-bond acceptors (Lipinski definition) is 5. The topological polar surface area (TPSA) is 95.3 Å². The van der Waals surface area contributed by atoms with Crippen LogP contribution in [-0.2, 0) is 0 Å². The monoisotopic (exact) mass is 265 g/mol. The van der Waals surface area contributed by atoms with Crippen molar-refractivity contribution in [2.75, 3.05) is 18.5 Å². The summed E-state index contributed by atoms with van der Waals surface area (Å²) in [5.74, 6) is 1.26. The molecule has 7 nitrogen and oxygen atoms in total. The smallest absolute Gasteiger partial charge is 0.349 e. The van der Waals surface area contributed by atoms with Crippen molar-refractivity contribution in [2.45, 2.75) is 27.2 Å². The molecule has 2 rings (SSSR count). The Balaban J connectivity index is 2.20. The van der Waals surface area contributed by atoms with Crippen LogP contribution in [0.5, 0.6) is 0 Å². The van der Waals surface area contributed by atoms with Crippen LogP contribution in [0.1, 0.15) is 26.1 Å². The number of aliphatic hydroxyl groups excluding tert-OH is 1. The molecule has 0 aliphatic heterocycles. The van der Waals surface area contributed by atoms with E-state index in [-0.39, 0.29) is 17.7 Å². The molecule has 0 aliphatic rings. The fourth-order valence-corrected chi connectivity index (χ4v) is 1.91. The Labute approximate surface area is 110 Å². The number of nitrogens with zero attached hydrogens (tertiary/aromatic N) is 3. The average molecular weight is 265 g/mol. The highest BCUT2D eigenvalue weighted by Crippen LogP contribution is 2.20. The lowest BCUT2D eigenvalue weighted by Gasteiger charge is -2.24. The van der Waals surface area contributed by atoms with Gasteiger partial charge in [-0.15, -0.1) is 0 Å². The molecule has 0 radical (unpaired) electrons.